The molecule has 2 nitrogen and oxygen atoms in total. The van der Waals surface area contributed by atoms with E-state index in [1.165, 1.54) is 21.2 Å². The maximum absolute atomic E-state index is 5.58. The van der Waals surface area contributed by atoms with E-state index in [2.05, 4.69) is 48.4 Å². The van der Waals surface area contributed by atoms with Crippen LogP contribution >= 0.6 is 11.8 Å². The summed E-state index contributed by atoms with van der Waals surface area (Å²) in [4.78, 5) is 1.30. The first-order valence-electron chi connectivity index (χ1n) is 5.74. The highest BCUT2D eigenvalue weighted by molar-refractivity contribution is 7.99. The lowest BCUT2D eigenvalue weighted by atomic mass is 9.94. The number of hydrogen-bond donors (Lipinski definition) is 1. The maximum Gasteiger partial charge on any atom is 0.0726 e. The van der Waals surface area contributed by atoms with Crippen LogP contribution in [0, 0.1) is 5.92 Å². The predicted molar refractivity (Wildman–Crippen MR) is 74.6 cm³/mol. The van der Waals surface area contributed by atoms with Crippen molar-refractivity contribution in [2.24, 2.45) is 16.9 Å². The van der Waals surface area contributed by atoms with Gasteiger partial charge in [0.2, 0.25) is 0 Å². The van der Waals surface area contributed by atoms with Crippen LogP contribution in [-0.4, -0.2) is 11.5 Å². The van der Waals surface area contributed by atoms with Gasteiger partial charge in [-0.25, -0.2) is 0 Å². The molecule has 1 aliphatic rings. The molecular weight excluding hydrogens is 228 g/mol. The third-order valence-electron chi connectivity index (χ3n) is 3.24. The molecule has 1 atom stereocenters. The smallest absolute Gasteiger partial charge is 0.0726 e. The lowest BCUT2D eigenvalue weighted by Gasteiger charge is -2.24. The Bertz CT molecular complexity index is 604. The summed E-state index contributed by atoms with van der Waals surface area (Å²) in [6.45, 7) is 2.18. The Kier molecular flexibility index (Phi) is 2.56. The van der Waals surface area contributed by atoms with E-state index in [4.69, 9.17) is 5.84 Å². The van der Waals surface area contributed by atoms with Gasteiger partial charge in [-0.1, -0.05) is 37.3 Å². The third-order valence-corrected chi connectivity index (χ3v) is 4.56. The van der Waals surface area contributed by atoms with Crippen LogP contribution in [0.5, 0.6) is 0 Å². The third kappa shape index (κ3) is 1.62. The van der Waals surface area contributed by atoms with Crippen molar-refractivity contribution in [3.8, 4) is 0 Å². The first kappa shape index (κ1) is 10.7. The van der Waals surface area contributed by atoms with Crippen molar-refractivity contribution >= 4 is 28.2 Å². The molecule has 0 spiro atoms. The average Bonchev–Trinajstić information content (AvgIpc) is 2.38. The van der Waals surface area contributed by atoms with Gasteiger partial charge in [0.1, 0.15) is 0 Å². The van der Waals surface area contributed by atoms with Gasteiger partial charge in [0.05, 0.1) is 5.71 Å². The number of hydrogen-bond acceptors (Lipinski definition) is 3. The number of hydrazone groups is 1. The van der Waals surface area contributed by atoms with E-state index in [1.807, 2.05) is 11.8 Å². The molecule has 0 saturated heterocycles. The molecule has 2 aromatic rings. The van der Waals surface area contributed by atoms with Crippen LogP contribution in [0.25, 0.3) is 10.8 Å². The minimum absolute atomic E-state index is 0.420. The van der Waals surface area contributed by atoms with Gasteiger partial charge in [0.25, 0.3) is 0 Å². The van der Waals surface area contributed by atoms with E-state index in [0.29, 0.717) is 5.92 Å². The van der Waals surface area contributed by atoms with Crippen molar-refractivity contribution in [3.05, 3.63) is 42.0 Å². The second-order valence-electron chi connectivity index (χ2n) is 4.39. The Labute approximate surface area is 105 Å². The van der Waals surface area contributed by atoms with E-state index in [-0.39, 0.29) is 0 Å². The van der Waals surface area contributed by atoms with Crippen LogP contribution in [-0.2, 0) is 0 Å². The Morgan fingerprint density at radius 3 is 2.88 bits per heavy atom. The van der Waals surface area contributed by atoms with E-state index in [0.717, 1.165) is 11.5 Å². The van der Waals surface area contributed by atoms with Gasteiger partial charge in [-0.05, 0) is 16.8 Å². The molecule has 0 aliphatic carbocycles. The van der Waals surface area contributed by atoms with Crippen molar-refractivity contribution in [3.63, 3.8) is 0 Å². The lowest BCUT2D eigenvalue weighted by molar-refractivity contribution is 0.879. The van der Waals surface area contributed by atoms with Gasteiger partial charge >= 0.3 is 0 Å². The molecule has 3 rings (SSSR count). The van der Waals surface area contributed by atoms with Gasteiger partial charge in [-0.2, -0.15) is 5.10 Å². The molecule has 86 valence electrons. The van der Waals surface area contributed by atoms with Gasteiger partial charge < -0.3 is 5.84 Å². The molecule has 0 bridgehead atoms. The monoisotopic (exact) mass is 242 g/mol. The molecule has 2 N–H and O–H groups in total. The largest absolute Gasteiger partial charge is 0.323 e. The molecule has 1 heterocycles. The number of nitrogens with two attached hydrogens (primary N) is 1. The highest BCUT2D eigenvalue weighted by Crippen LogP contribution is 2.37. The van der Waals surface area contributed by atoms with Gasteiger partial charge in [-0.15, -0.1) is 11.8 Å². The number of fused-ring (bicyclic) bond motifs is 3. The van der Waals surface area contributed by atoms with Crippen LogP contribution < -0.4 is 5.84 Å². The van der Waals surface area contributed by atoms with Crippen LogP contribution in [0.15, 0.2) is 46.4 Å². The minimum Gasteiger partial charge on any atom is -0.323 e. The highest BCUT2D eigenvalue weighted by Gasteiger charge is 2.24. The van der Waals surface area contributed by atoms with Crippen LogP contribution in [0.3, 0.4) is 0 Å². The summed E-state index contributed by atoms with van der Waals surface area (Å²) < 4.78 is 0. The average molecular weight is 242 g/mol. The number of nitrogens with zero attached hydrogens (tertiary/aromatic N) is 1. The zero-order valence-electron chi connectivity index (χ0n) is 9.68. The summed E-state index contributed by atoms with van der Waals surface area (Å²) in [6, 6.07) is 12.8. The Balaban J connectivity index is 2.37. The molecule has 0 fully saturated rings. The standard InChI is InChI=1S/C14H14N2S/c1-9-8-17-12-7-6-10-4-2-3-5-11(10)13(12)14(9)16-15/h2-7,9H,8,15H2,1H3/b16-14+. The summed E-state index contributed by atoms with van der Waals surface area (Å²) in [5.74, 6) is 7.05. The molecule has 0 amide bonds. The van der Waals surface area contributed by atoms with Crippen molar-refractivity contribution in [1.29, 1.82) is 0 Å². The first-order valence-corrected chi connectivity index (χ1v) is 6.72. The summed E-state index contributed by atoms with van der Waals surface area (Å²) in [5, 5.41) is 6.53. The van der Waals surface area contributed by atoms with Crippen LogP contribution in [0.2, 0.25) is 0 Å². The molecule has 0 saturated carbocycles. The summed E-state index contributed by atoms with van der Waals surface area (Å²) in [7, 11) is 0. The summed E-state index contributed by atoms with van der Waals surface area (Å²) in [6.07, 6.45) is 0. The molecule has 3 heteroatoms. The van der Waals surface area contributed by atoms with Gasteiger partial charge in [-0.3, -0.25) is 0 Å². The number of rotatable bonds is 0. The fraction of sp³-hybridized carbons (Fsp3) is 0.214. The maximum atomic E-state index is 5.58. The van der Waals surface area contributed by atoms with Crippen LogP contribution in [0.1, 0.15) is 12.5 Å². The molecule has 17 heavy (non-hydrogen) atoms. The molecule has 0 aromatic heterocycles. The van der Waals surface area contributed by atoms with E-state index < -0.39 is 0 Å². The quantitative estimate of drug-likeness (QED) is 0.569. The van der Waals surface area contributed by atoms with Crippen LogP contribution in [0.4, 0.5) is 0 Å². The summed E-state index contributed by atoms with van der Waals surface area (Å²) >= 11 is 1.89. The Morgan fingerprint density at radius 1 is 1.24 bits per heavy atom. The predicted octanol–water partition coefficient (Wildman–Crippen LogP) is 3.24. The van der Waals surface area contributed by atoms with Gasteiger partial charge in [0, 0.05) is 22.1 Å². The topological polar surface area (TPSA) is 38.4 Å². The van der Waals surface area contributed by atoms with E-state index in [1.54, 1.807) is 0 Å². The first-order chi connectivity index (χ1) is 8.31. The molecule has 1 unspecified atom stereocenters. The highest BCUT2D eigenvalue weighted by atomic mass is 32.2. The van der Waals surface area contributed by atoms with Crippen molar-refractivity contribution < 1.29 is 0 Å². The fourth-order valence-electron chi connectivity index (χ4n) is 2.37. The Hall–Kier alpha value is -1.48. The molecule has 2 aromatic carbocycles. The molecular formula is C14H14N2S. The number of thioether (sulfide) groups is 1. The fourth-order valence-corrected chi connectivity index (χ4v) is 3.48. The van der Waals surface area contributed by atoms with E-state index in [9.17, 15) is 0 Å². The SMILES string of the molecule is CC1CSc2ccc3ccccc3c2/C1=N/N. The minimum atomic E-state index is 0.420. The Morgan fingerprint density at radius 2 is 2.06 bits per heavy atom. The summed E-state index contributed by atoms with van der Waals surface area (Å²) in [5.41, 5.74) is 2.27. The zero-order valence-corrected chi connectivity index (χ0v) is 10.5. The normalized spacial score (nSPS) is 21.7. The molecule has 0 radical (unpaired) electrons. The van der Waals surface area contributed by atoms with Gasteiger partial charge in [0.15, 0.2) is 0 Å². The van der Waals surface area contributed by atoms with Crippen molar-refractivity contribution in [1.82, 2.24) is 0 Å². The molecule has 1 aliphatic heterocycles. The van der Waals surface area contributed by atoms with E-state index >= 15 is 0 Å². The second-order valence-corrected chi connectivity index (χ2v) is 5.45. The number of benzene rings is 2. The van der Waals surface area contributed by atoms with Crippen molar-refractivity contribution in [2.75, 3.05) is 5.75 Å². The zero-order chi connectivity index (χ0) is 11.8. The lowest BCUT2D eigenvalue weighted by Crippen LogP contribution is -2.22. The van der Waals surface area contributed by atoms with Crippen molar-refractivity contribution in [2.45, 2.75) is 11.8 Å². The second kappa shape index (κ2) is 4.08.